The number of hydrogen-bond donors (Lipinski definition) is 0. The van der Waals surface area contributed by atoms with Crippen LogP contribution in [0.3, 0.4) is 0 Å². The molecule has 0 saturated carbocycles. The van der Waals surface area contributed by atoms with Gasteiger partial charge < -0.3 is 0 Å². The Morgan fingerprint density at radius 3 is 1.04 bits per heavy atom. The summed E-state index contributed by atoms with van der Waals surface area (Å²) in [5, 5.41) is 0. The lowest BCUT2D eigenvalue weighted by atomic mass is 9.92. The molecule has 24 heavy (non-hydrogen) atoms. The van der Waals surface area contributed by atoms with Crippen molar-refractivity contribution in [1.82, 2.24) is 0 Å². The van der Waals surface area contributed by atoms with Gasteiger partial charge in [-0.2, -0.15) is 0 Å². The molecule has 0 aromatic heterocycles. The van der Waals surface area contributed by atoms with Gasteiger partial charge in [0.05, 0.1) is 0 Å². The van der Waals surface area contributed by atoms with E-state index in [1.54, 1.807) is 0 Å². The summed E-state index contributed by atoms with van der Waals surface area (Å²) < 4.78 is 0. The van der Waals surface area contributed by atoms with E-state index in [0.717, 1.165) is 17.8 Å². The third kappa shape index (κ3) is 16.8. The minimum absolute atomic E-state index is 0.955. The molecule has 3 unspecified atom stereocenters. The van der Waals surface area contributed by atoms with Crippen molar-refractivity contribution >= 4 is 0 Å². The van der Waals surface area contributed by atoms with Crippen LogP contribution in [0.25, 0.3) is 0 Å². The summed E-state index contributed by atoms with van der Waals surface area (Å²) >= 11 is 0. The molecule has 0 saturated heterocycles. The van der Waals surface area contributed by atoms with Crippen LogP contribution >= 0.6 is 0 Å². The highest BCUT2D eigenvalue weighted by atomic mass is 14.1. The molecular weight excluding hydrogens is 288 g/mol. The average molecular weight is 339 g/mol. The predicted molar refractivity (Wildman–Crippen MR) is 113 cm³/mol. The molecule has 0 heteroatoms. The highest BCUT2D eigenvalue weighted by Gasteiger charge is 2.06. The molecule has 0 radical (unpaired) electrons. The smallest absolute Gasteiger partial charge is 0.0443 e. The predicted octanol–water partition coefficient (Wildman–Crippen LogP) is 9.18. The van der Waals surface area contributed by atoms with Crippen LogP contribution < -0.4 is 0 Å². The van der Waals surface area contributed by atoms with Gasteiger partial charge in [-0.05, 0) is 17.8 Å². The first-order chi connectivity index (χ1) is 11.6. The highest BCUT2D eigenvalue weighted by molar-refractivity contribution is 4.59. The maximum Gasteiger partial charge on any atom is -0.0443 e. The monoisotopic (exact) mass is 338 g/mol. The van der Waals surface area contributed by atoms with Gasteiger partial charge in [0, 0.05) is 0 Å². The van der Waals surface area contributed by atoms with E-state index >= 15 is 0 Å². The summed E-state index contributed by atoms with van der Waals surface area (Å²) in [5.74, 6) is 2.87. The molecule has 0 fully saturated rings. The molecule has 0 nitrogen and oxygen atoms in total. The molecule has 0 aliphatic rings. The average Bonchev–Trinajstić information content (AvgIpc) is 2.57. The van der Waals surface area contributed by atoms with E-state index < -0.39 is 0 Å². The molecule has 0 rings (SSSR count). The first kappa shape index (κ1) is 24.0. The molecule has 0 aliphatic heterocycles. The van der Waals surface area contributed by atoms with E-state index in [0.29, 0.717) is 0 Å². The lowest BCUT2D eigenvalue weighted by Crippen LogP contribution is -1.99. The zero-order valence-electron chi connectivity index (χ0n) is 18.0. The van der Waals surface area contributed by atoms with Crippen molar-refractivity contribution in [1.29, 1.82) is 0 Å². The molecule has 0 spiro atoms. The standard InChI is InChI=1S/C24H50/c1-6-8-16-22(3)18-13-11-10-12-14-19-24(5)21-15-20-23(4)17-9-7-2/h22-24H,6-21H2,1-5H3. The number of hydrogen-bond acceptors (Lipinski definition) is 0. The molecule has 0 aromatic rings. The summed E-state index contributed by atoms with van der Waals surface area (Å²) in [6.07, 6.45) is 23.1. The van der Waals surface area contributed by atoms with Gasteiger partial charge in [0.25, 0.3) is 0 Å². The van der Waals surface area contributed by atoms with Gasteiger partial charge in [-0.25, -0.2) is 0 Å². The molecule has 0 amide bonds. The topological polar surface area (TPSA) is 0 Å². The normalized spacial score (nSPS) is 15.4. The minimum atomic E-state index is 0.955. The third-order valence-corrected chi connectivity index (χ3v) is 5.89. The Kier molecular flexibility index (Phi) is 17.8. The number of unbranched alkanes of at least 4 members (excludes halogenated alkanes) is 6. The van der Waals surface area contributed by atoms with Crippen molar-refractivity contribution in [2.75, 3.05) is 0 Å². The second-order valence-electron chi connectivity index (χ2n) is 8.88. The maximum atomic E-state index is 2.48. The third-order valence-electron chi connectivity index (χ3n) is 5.89. The van der Waals surface area contributed by atoms with Gasteiger partial charge in [0.1, 0.15) is 0 Å². The van der Waals surface area contributed by atoms with Gasteiger partial charge in [-0.1, -0.05) is 137 Å². The van der Waals surface area contributed by atoms with Crippen LogP contribution in [-0.2, 0) is 0 Å². The van der Waals surface area contributed by atoms with Gasteiger partial charge in [-0.15, -0.1) is 0 Å². The van der Waals surface area contributed by atoms with E-state index in [2.05, 4.69) is 34.6 Å². The fourth-order valence-corrected chi connectivity index (χ4v) is 3.87. The fourth-order valence-electron chi connectivity index (χ4n) is 3.87. The second-order valence-corrected chi connectivity index (χ2v) is 8.88. The SMILES string of the molecule is CCCCC(C)CCCCCCCC(C)CCCC(C)CCCC. The van der Waals surface area contributed by atoms with Crippen molar-refractivity contribution in [3.8, 4) is 0 Å². The fraction of sp³-hybridized carbons (Fsp3) is 1.00. The van der Waals surface area contributed by atoms with Crippen LogP contribution in [0.1, 0.15) is 137 Å². The lowest BCUT2D eigenvalue weighted by molar-refractivity contribution is 0.392. The molecular formula is C24H50. The van der Waals surface area contributed by atoms with E-state index in [4.69, 9.17) is 0 Å². The Balaban J connectivity index is 3.32. The van der Waals surface area contributed by atoms with Crippen LogP contribution in [0.15, 0.2) is 0 Å². The molecule has 0 heterocycles. The summed E-state index contributed by atoms with van der Waals surface area (Å²) in [7, 11) is 0. The van der Waals surface area contributed by atoms with Crippen molar-refractivity contribution < 1.29 is 0 Å². The van der Waals surface area contributed by atoms with Crippen molar-refractivity contribution in [3.05, 3.63) is 0 Å². The van der Waals surface area contributed by atoms with Crippen LogP contribution in [0.2, 0.25) is 0 Å². The van der Waals surface area contributed by atoms with E-state index in [9.17, 15) is 0 Å². The summed E-state index contributed by atoms with van der Waals surface area (Å²) in [4.78, 5) is 0. The van der Waals surface area contributed by atoms with Gasteiger partial charge in [0.2, 0.25) is 0 Å². The Labute approximate surface area is 155 Å². The van der Waals surface area contributed by atoms with Gasteiger partial charge >= 0.3 is 0 Å². The minimum Gasteiger partial charge on any atom is -0.0654 e. The van der Waals surface area contributed by atoms with Crippen LogP contribution in [-0.4, -0.2) is 0 Å². The highest BCUT2D eigenvalue weighted by Crippen LogP contribution is 2.21. The largest absolute Gasteiger partial charge is 0.0654 e. The van der Waals surface area contributed by atoms with Gasteiger partial charge in [0.15, 0.2) is 0 Å². The quantitative estimate of drug-likeness (QED) is 0.218. The Morgan fingerprint density at radius 1 is 0.375 bits per heavy atom. The van der Waals surface area contributed by atoms with Crippen LogP contribution in [0, 0.1) is 17.8 Å². The first-order valence-electron chi connectivity index (χ1n) is 11.6. The first-order valence-corrected chi connectivity index (χ1v) is 11.6. The van der Waals surface area contributed by atoms with Crippen LogP contribution in [0.4, 0.5) is 0 Å². The number of rotatable bonds is 18. The van der Waals surface area contributed by atoms with Crippen LogP contribution in [0.5, 0.6) is 0 Å². The van der Waals surface area contributed by atoms with Gasteiger partial charge in [-0.3, -0.25) is 0 Å². The Bertz CT molecular complexity index is 232. The molecule has 0 aromatic carbocycles. The summed E-state index contributed by atoms with van der Waals surface area (Å²) in [5.41, 5.74) is 0. The molecule has 146 valence electrons. The molecule has 0 bridgehead atoms. The van der Waals surface area contributed by atoms with Crippen molar-refractivity contribution in [3.63, 3.8) is 0 Å². The van der Waals surface area contributed by atoms with Crippen molar-refractivity contribution in [2.24, 2.45) is 17.8 Å². The maximum absolute atomic E-state index is 2.48. The summed E-state index contributed by atoms with van der Waals surface area (Å²) in [6, 6.07) is 0. The van der Waals surface area contributed by atoms with E-state index in [-0.39, 0.29) is 0 Å². The Hall–Kier alpha value is 0. The molecule has 0 N–H and O–H groups in total. The summed E-state index contributed by atoms with van der Waals surface area (Å²) in [6.45, 7) is 12.0. The molecule has 3 atom stereocenters. The molecule has 0 aliphatic carbocycles. The zero-order chi connectivity index (χ0) is 18.0. The zero-order valence-corrected chi connectivity index (χ0v) is 18.0. The lowest BCUT2D eigenvalue weighted by Gasteiger charge is -2.14. The van der Waals surface area contributed by atoms with E-state index in [1.807, 2.05) is 0 Å². The second kappa shape index (κ2) is 17.8. The Morgan fingerprint density at radius 2 is 0.667 bits per heavy atom. The van der Waals surface area contributed by atoms with E-state index in [1.165, 1.54) is 103 Å². The van der Waals surface area contributed by atoms with Crippen molar-refractivity contribution in [2.45, 2.75) is 137 Å².